The number of phosphoric ester groups is 1. The minimum absolute atomic E-state index is 0.153. The molecule has 0 aromatic rings. The van der Waals surface area contributed by atoms with Crippen molar-refractivity contribution in [3.8, 4) is 0 Å². The smallest absolute Gasteiger partial charge is 0.462 e. The number of hydrogen-bond acceptors (Lipinski definition) is 10. The maximum Gasteiger partial charge on any atom is 0.472 e. The molecule has 12 heteroatoms. The number of esters is 2. The van der Waals surface area contributed by atoms with Gasteiger partial charge in [0, 0.05) is 19.4 Å². The average molecular weight is 813 g/mol. The summed E-state index contributed by atoms with van der Waals surface area (Å²) in [6.07, 6.45) is 42.0. The number of aliphatic hydroxyl groups is 3. The van der Waals surface area contributed by atoms with Gasteiger partial charge in [-0.2, -0.15) is 0 Å². The highest BCUT2D eigenvalue weighted by Crippen LogP contribution is 2.43. The SMILES string of the molecule is CCCCCC/C=C\CCCCCCCCCC(=O)O[C@H](COC(=O)CCC/C=C\C/C=C\C/C=C\C/C=C\CCCCCO)COP(=O)(O)OC[C@@H](O)CO. The third-order valence-corrected chi connectivity index (χ3v) is 9.65. The van der Waals surface area contributed by atoms with Crippen LogP contribution < -0.4 is 0 Å². The minimum atomic E-state index is -4.64. The fourth-order valence-electron chi connectivity index (χ4n) is 5.37. The highest BCUT2D eigenvalue weighted by atomic mass is 31.2. The first-order valence-corrected chi connectivity index (χ1v) is 22.8. The second-order valence-corrected chi connectivity index (χ2v) is 15.5. The maximum absolute atomic E-state index is 12.6. The average Bonchev–Trinajstić information content (AvgIpc) is 3.19. The number of rotatable bonds is 40. The fourth-order valence-corrected chi connectivity index (χ4v) is 6.16. The van der Waals surface area contributed by atoms with Crippen LogP contribution in [0.4, 0.5) is 0 Å². The van der Waals surface area contributed by atoms with Crippen molar-refractivity contribution >= 4 is 19.8 Å². The van der Waals surface area contributed by atoms with Crippen molar-refractivity contribution in [2.45, 2.75) is 173 Å². The van der Waals surface area contributed by atoms with Gasteiger partial charge < -0.3 is 29.7 Å². The number of hydrogen-bond donors (Lipinski definition) is 4. The van der Waals surface area contributed by atoms with Gasteiger partial charge in [0.05, 0.1) is 19.8 Å². The summed E-state index contributed by atoms with van der Waals surface area (Å²) in [7, 11) is -4.64. The molecule has 3 atom stereocenters. The van der Waals surface area contributed by atoms with Gasteiger partial charge in [-0.3, -0.25) is 18.6 Å². The van der Waals surface area contributed by atoms with Gasteiger partial charge in [0.25, 0.3) is 0 Å². The van der Waals surface area contributed by atoms with E-state index in [0.29, 0.717) is 19.3 Å². The van der Waals surface area contributed by atoms with E-state index in [-0.39, 0.29) is 26.1 Å². The van der Waals surface area contributed by atoms with E-state index in [1.165, 1.54) is 44.9 Å². The van der Waals surface area contributed by atoms with E-state index in [9.17, 15) is 24.2 Å². The lowest BCUT2D eigenvalue weighted by atomic mass is 10.1. The Morgan fingerprint density at radius 2 is 1.00 bits per heavy atom. The molecule has 1 unspecified atom stereocenters. The molecule has 0 aromatic carbocycles. The number of aliphatic hydroxyl groups excluding tert-OH is 3. The zero-order valence-corrected chi connectivity index (χ0v) is 35.4. The first kappa shape index (κ1) is 53.6. The van der Waals surface area contributed by atoms with Crippen molar-refractivity contribution in [3.05, 3.63) is 60.8 Å². The molecule has 4 N–H and O–H groups in total. The van der Waals surface area contributed by atoms with Gasteiger partial charge in [0.1, 0.15) is 12.7 Å². The van der Waals surface area contributed by atoms with Gasteiger partial charge in [-0.05, 0) is 83.5 Å². The van der Waals surface area contributed by atoms with Crippen LogP contribution in [0, 0.1) is 0 Å². The summed E-state index contributed by atoms with van der Waals surface area (Å²) >= 11 is 0. The Balaban J connectivity index is 4.40. The molecule has 0 aliphatic carbocycles. The van der Waals surface area contributed by atoms with E-state index in [2.05, 4.69) is 60.1 Å². The van der Waals surface area contributed by atoms with Gasteiger partial charge in [0.2, 0.25) is 0 Å². The summed E-state index contributed by atoms with van der Waals surface area (Å²) in [6, 6.07) is 0. The summed E-state index contributed by atoms with van der Waals surface area (Å²) in [6.45, 7) is 0.291. The second kappa shape index (κ2) is 40.8. The predicted octanol–water partition coefficient (Wildman–Crippen LogP) is 10.1. The van der Waals surface area contributed by atoms with E-state index in [1.54, 1.807) is 0 Å². The summed E-state index contributed by atoms with van der Waals surface area (Å²) in [4.78, 5) is 34.9. The Hall–Kier alpha value is -2.37. The van der Waals surface area contributed by atoms with Crippen LogP contribution >= 0.6 is 7.82 Å². The van der Waals surface area contributed by atoms with E-state index in [1.807, 2.05) is 12.2 Å². The quantitative estimate of drug-likeness (QED) is 0.0201. The van der Waals surface area contributed by atoms with Crippen molar-refractivity contribution in [1.29, 1.82) is 0 Å². The molecule has 0 radical (unpaired) electrons. The predicted molar refractivity (Wildman–Crippen MR) is 225 cm³/mol. The lowest BCUT2D eigenvalue weighted by Crippen LogP contribution is -2.29. The molecule has 0 rings (SSSR count). The van der Waals surface area contributed by atoms with Crippen LogP contribution in [0.5, 0.6) is 0 Å². The Kier molecular flexibility index (Phi) is 39.1. The molecule has 0 bridgehead atoms. The number of ether oxygens (including phenoxy) is 2. The van der Waals surface area contributed by atoms with Gasteiger partial charge >= 0.3 is 19.8 Å². The van der Waals surface area contributed by atoms with Crippen molar-refractivity contribution in [2.75, 3.05) is 33.0 Å². The monoisotopic (exact) mass is 813 g/mol. The Labute approximate surface area is 338 Å². The maximum atomic E-state index is 12.6. The Morgan fingerprint density at radius 1 is 0.554 bits per heavy atom. The largest absolute Gasteiger partial charge is 0.472 e. The second-order valence-electron chi connectivity index (χ2n) is 14.1. The van der Waals surface area contributed by atoms with Crippen LogP contribution in [0.2, 0.25) is 0 Å². The van der Waals surface area contributed by atoms with Crippen molar-refractivity contribution in [1.82, 2.24) is 0 Å². The molecule has 0 saturated carbocycles. The third-order valence-electron chi connectivity index (χ3n) is 8.70. The molecule has 0 saturated heterocycles. The summed E-state index contributed by atoms with van der Waals surface area (Å²) in [5, 5.41) is 27.1. The van der Waals surface area contributed by atoms with Crippen LogP contribution in [0.15, 0.2) is 60.8 Å². The third kappa shape index (κ3) is 39.8. The number of carbonyl (C=O) groups excluding carboxylic acids is 2. The Bertz CT molecular complexity index is 1120. The van der Waals surface area contributed by atoms with E-state index in [4.69, 9.17) is 24.2 Å². The first-order chi connectivity index (χ1) is 27.2. The molecular formula is C44H77O11P. The van der Waals surface area contributed by atoms with Crippen molar-refractivity contribution < 1.29 is 52.9 Å². The number of phosphoric acid groups is 1. The zero-order chi connectivity index (χ0) is 41.2. The lowest BCUT2D eigenvalue weighted by Gasteiger charge is -2.20. The molecule has 0 fully saturated rings. The molecule has 0 aromatic heterocycles. The molecular weight excluding hydrogens is 735 g/mol. The Morgan fingerprint density at radius 3 is 1.55 bits per heavy atom. The topological polar surface area (TPSA) is 169 Å². The molecule has 56 heavy (non-hydrogen) atoms. The van der Waals surface area contributed by atoms with Crippen molar-refractivity contribution in [3.63, 3.8) is 0 Å². The minimum Gasteiger partial charge on any atom is -0.462 e. The van der Waals surface area contributed by atoms with Crippen LogP contribution in [-0.2, 0) is 32.7 Å². The van der Waals surface area contributed by atoms with Crippen LogP contribution in [0.3, 0.4) is 0 Å². The van der Waals surface area contributed by atoms with Gasteiger partial charge in [-0.25, -0.2) is 4.57 Å². The molecule has 0 amide bonds. The van der Waals surface area contributed by atoms with Crippen LogP contribution in [0.1, 0.15) is 161 Å². The number of unbranched alkanes of at least 4 members (excludes halogenated alkanes) is 15. The van der Waals surface area contributed by atoms with Gasteiger partial charge in [-0.15, -0.1) is 0 Å². The molecule has 0 aliphatic heterocycles. The molecule has 0 aliphatic rings. The number of carbonyl (C=O) groups is 2. The molecule has 0 heterocycles. The normalized spacial score (nSPS) is 14.4. The summed E-state index contributed by atoms with van der Waals surface area (Å²) in [5.41, 5.74) is 0. The van der Waals surface area contributed by atoms with Crippen molar-refractivity contribution in [2.24, 2.45) is 0 Å². The van der Waals surface area contributed by atoms with E-state index >= 15 is 0 Å². The van der Waals surface area contributed by atoms with E-state index in [0.717, 1.165) is 77.0 Å². The van der Waals surface area contributed by atoms with Crippen LogP contribution in [0.25, 0.3) is 0 Å². The highest BCUT2D eigenvalue weighted by Gasteiger charge is 2.27. The first-order valence-electron chi connectivity index (χ1n) is 21.4. The molecule has 11 nitrogen and oxygen atoms in total. The standard InChI is InChI=1S/C44H77O11P/c1-2-3-4-5-6-7-8-9-13-17-20-23-26-29-32-35-44(49)55-42(40-54-56(50,51)53-38-41(47)37-46)39-52-43(48)34-31-28-25-22-19-16-14-11-10-12-15-18-21-24-27-30-33-36-45/h7-8,10,12,14,16,18,21-22,25,41-42,45-47H,2-6,9,11,13,15,17,19-20,23-24,26-40H2,1H3,(H,50,51)/b8-7-,12-10-,16-14-,21-18-,25-22-/t41-,42+/m0/s1. The van der Waals surface area contributed by atoms with Gasteiger partial charge in [-0.1, -0.05) is 125 Å². The summed E-state index contributed by atoms with van der Waals surface area (Å²) < 4.78 is 32.6. The van der Waals surface area contributed by atoms with E-state index < -0.39 is 51.8 Å². The molecule has 0 spiro atoms. The number of allylic oxidation sites excluding steroid dienone is 10. The lowest BCUT2D eigenvalue weighted by molar-refractivity contribution is -0.161. The summed E-state index contributed by atoms with van der Waals surface area (Å²) in [5.74, 6) is -1.01. The highest BCUT2D eigenvalue weighted by molar-refractivity contribution is 7.47. The van der Waals surface area contributed by atoms with Crippen LogP contribution in [-0.4, -0.2) is 77.4 Å². The zero-order valence-electron chi connectivity index (χ0n) is 34.5. The fraction of sp³-hybridized carbons (Fsp3) is 0.727. The van der Waals surface area contributed by atoms with Gasteiger partial charge in [0.15, 0.2) is 6.10 Å². The molecule has 324 valence electrons.